The number of nitrogens with zero attached hydrogens (tertiary/aromatic N) is 1. The average Bonchev–Trinajstić information content (AvgIpc) is 2.79. The lowest BCUT2D eigenvalue weighted by molar-refractivity contribution is 0.419. The molecule has 0 radical (unpaired) electrons. The molecule has 108 valence electrons. The van der Waals surface area contributed by atoms with Crippen LogP contribution in [0.15, 0.2) is 36.5 Å². The zero-order valence-electron chi connectivity index (χ0n) is 12.9. The number of unbranched alkanes of at least 4 members (excludes halogenated alkanes) is 1. The highest BCUT2D eigenvalue weighted by molar-refractivity contribution is 5.90. The number of hydrogen-bond donors (Lipinski definition) is 0. The number of hydrogen-bond acceptors (Lipinski definition) is 1. The lowest BCUT2D eigenvalue weighted by Crippen LogP contribution is -1.90. The normalized spacial score (nSPS) is 10.9. The molecule has 1 heterocycles. The van der Waals surface area contributed by atoms with Crippen molar-refractivity contribution in [2.24, 2.45) is 7.05 Å². The number of aryl methyl sites for hydroxylation is 2. The smallest absolute Gasteiger partial charge is 0.128 e. The topological polar surface area (TPSA) is 14.2 Å². The first kappa shape index (κ1) is 14.7. The van der Waals surface area contributed by atoms with Gasteiger partial charge in [0.15, 0.2) is 0 Å². The average molecular weight is 271 g/mol. The van der Waals surface area contributed by atoms with E-state index in [-0.39, 0.29) is 0 Å². The second-order valence-electron chi connectivity index (χ2n) is 5.47. The Hall–Kier alpha value is -1.70. The molecule has 0 saturated carbocycles. The Bertz CT molecular complexity index is 595. The lowest BCUT2D eigenvalue weighted by atomic mass is 10.0. The molecule has 0 aliphatic rings. The fourth-order valence-electron chi connectivity index (χ4n) is 2.73. The third kappa shape index (κ3) is 3.06. The van der Waals surface area contributed by atoms with Gasteiger partial charge < -0.3 is 9.30 Å². The van der Waals surface area contributed by atoms with E-state index in [2.05, 4.69) is 37.4 Å². The monoisotopic (exact) mass is 271 g/mol. The van der Waals surface area contributed by atoms with Crippen LogP contribution in [0.5, 0.6) is 5.75 Å². The van der Waals surface area contributed by atoms with Gasteiger partial charge in [-0.15, -0.1) is 0 Å². The molecule has 0 N–H and O–H groups in total. The minimum atomic E-state index is 0.970. The van der Waals surface area contributed by atoms with E-state index < -0.39 is 0 Å². The summed E-state index contributed by atoms with van der Waals surface area (Å²) >= 11 is 0. The summed E-state index contributed by atoms with van der Waals surface area (Å²) in [4.78, 5) is 0. The molecule has 2 nitrogen and oxygen atoms in total. The van der Waals surface area contributed by atoms with E-state index in [0.29, 0.717) is 0 Å². The fourth-order valence-corrected chi connectivity index (χ4v) is 2.73. The fraction of sp³-hybridized carbons (Fsp3) is 0.444. The number of fused-ring (bicyclic) bond motifs is 1. The SMILES string of the molecule is C=C(CCCC)CCc1cn(C)c2cccc(OC)c12. The standard InChI is InChI=1S/C18H25NO/c1-5-6-8-14(2)11-12-15-13-19(3)16-9-7-10-17(20-4)18(15)16/h7,9-10,13H,2,5-6,8,11-12H2,1,3-4H3. The summed E-state index contributed by atoms with van der Waals surface area (Å²) in [5.74, 6) is 0.970. The number of rotatable bonds is 7. The second-order valence-corrected chi connectivity index (χ2v) is 5.47. The molecule has 0 spiro atoms. The molecule has 0 amide bonds. The highest BCUT2D eigenvalue weighted by Crippen LogP contribution is 2.31. The number of allylic oxidation sites excluding steroid dienone is 1. The summed E-state index contributed by atoms with van der Waals surface area (Å²) < 4.78 is 7.70. The van der Waals surface area contributed by atoms with E-state index in [4.69, 9.17) is 4.74 Å². The van der Waals surface area contributed by atoms with E-state index in [1.54, 1.807) is 7.11 Å². The van der Waals surface area contributed by atoms with Crippen LogP contribution in [-0.4, -0.2) is 11.7 Å². The van der Waals surface area contributed by atoms with E-state index in [0.717, 1.165) is 25.0 Å². The highest BCUT2D eigenvalue weighted by atomic mass is 16.5. The van der Waals surface area contributed by atoms with E-state index >= 15 is 0 Å². The maximum atomic E-state index is 5.52. The van der Waals surface area contributed by atoms with Gasteiger partial charge >= 0.3 is 0 Å². The van der Waals surface area contributed by atoms with Crippen LogP contribution in [0.25, 0.3) is 10.9 Å². The molecule has 0 bridgehead atoms. The first-order valence-electron chi connectivity index (χ1n) is 7.45. The zero-order chi connectivity index (χ0) is 14.5. The summed E-state index contributed by atoms with van der Waals surface area (Å²) in [6.45, 7) is 6.42. The number of methoxy groups -OCH3 is 1. The Morgan fingerprint density at radius 3 is 2.80 bits per heavy atom. The zero-order valence-corrected chi connectivity index (χ0v) is 12.9. The molecular formula is C18H25NO. The first-order chi connectivity index (χ1) is 9.67. The molecule has 2 heteroatoms. The van der Waals surface area contributed by atoms with Crippen molar-refractivity contribution in [3.8, 4) is 5.75 Å². The van der Waals surface area contributed by atoms with Gasteiger partial charge in [0.2, 0.25) is 0 Å². The maximum Gasteiger partial charge on any atom is 0.128 e. The van der Waals surface area contributed by atoms with Crippen LogP contribution < -0.4 is 4.74 Å². The Kier molecular flexibility index (Phi) is 4.89. The lowest BCUT2D eigenvalue weighted by Gasteiger charge is -2.06. The number of aromatic nitrogens is 1. The van der Waals surface area contributed by atoms with Crippen LogP contribution in [0.3, 0.4) is 0 Å². The van der Waals surface area contributed by atoms with Crippen molar-refractivity contribution in [3.05, 3.63) is 42.1 Å². The molecule has 1 aromatic heterocycles. The number of ether oxygens (including phenoxy) is 1. The predicted octanol–water partition coefficient (Wildman–Crippen LogP) is 4.87. The van der Waals surface area contributed by atoms with Crippen molar-refractivity contribution in [2.75, 3.05) is 7.11 Å². The third-order valence-electron chi connectivity index (χ3n) is 3.91. The molecule has 0 aliphatic carbocycles. The maximum absolute atomic E-state index is 5.52. The van der Waals surface area contributed by atoms with Crippen LogP contribution in [0.2, 0.25) is 0 Å². The molecule has 0 saturated heterocycles. The van der Waals surface area contributed by atoms with Crippen LogP contribution >= 0.6 is 0 Å². The van der Waals surface area contributed by atoms with E-state index in [9.17, 15) is 0 Å². The van der Waals surface area contributed by atoms with Gasteiger partial charge in [0, 0.05) is 18.6 Å². The van der Waals surface area contributed by atoms with E-state index in [1.807, 2.05) is 12.1 Å². The van der Waals surface area contributed by atoms with Crippen LogP contribution in [0.4, 0.5) is 0 Å². The molecule has 0 atom stereocenters. The second kappa shape index (κ2) is 6.65. The third-order valence-corrected chi connectivity index (χ3v) is 3.91. The largest absolute Gasteiger partial charge is 0.496 e. The van der Waals surface area contributed by atoms with Crippen LogP contribution in [0.1, 0.15) is 38.2 Å². The molecule has 0 unspecified atom stereocenters. The van der Waals surface area contributed by atoms with Gasteiger partial charge in [0.1, 0.15) is 5.75 Å². The van der Waals surface area contributed by atoms with Crippen LogP contribution in [0, 0.1) is 0 Å². The minimum absolute atomic E-state index is 0.970. The molecule has 0 fully saturated rings. The Balaban J connectivity index is 2.20. The van der Waals surface area contributed by atoms with Crippen molar-refractivity contribution in [3.63, 3.8) is 0 Å². The van der Waals surface area contributed by atoms with Crippen molar-refractivity contribution < 1.29 is 4.74 Å². The van der Waals surface area contributed by atoms with Gasteiger partial charge in [-0.1, -0.05) is 31.6 Å². The Labute approximate surface area is 122 Å². The minimum Gasteiger partial charge on any atom is -0.496 e. The summed E-state index contributed by atoms with van der Waals surface area (Å²) in [5, 5.41) is 1.25. The van der Waals surface area contributed by atoms with Gasteiger partial charge in [-0.05, 0) is 43.4 Å². The van der Waals surface area contributed by atoms with Gasteiger partial charge in [-0.25, -0.2) is 0 Å². The van der Waals surface area contributed by atoms with Gasteiger partial charge in [0.05, 0.1) is 12.6 Å². The van der Waals surface area contributed by atoms with Crippen molar-refractivity contribution in [2.45, 2.75) is 39.0 Å². The highest BCUT2D eigenvalue weighted by Gasteiger charge is 2.11. The summed E-state index contributed by atoms with van der Waals surface area (Å²) in [7, 11) is 3.84. The molecule has 1 aromatic carbocycles. The van der Waals surface area contributed by atoms with Gasteiger partial charge in [-0.2, -0.15) is 0 Å². The molecule has 20 heavy (non-hydrogen) atoms. The summed E-state index contributed by atoms with van der Waals surface area (Å²) in [6.07, 6.45) is 7.97. The predicted molar refractivity (Wildman–Crippen MR) is 86.5 cm³/mol. The Morgan fingerprint density at radius 1 is 1.30 bits per heavy atom. The van der Waals surface area contributed by atoms with Crippen molar-refractivity contribution in [1.29, 1.82) is 0 Å². The quantitative estimate of drug-likeness (QED) is 0.656. The summed E-state index contributed by atoms with van der Waals surface area (Å²) in [6, 6.07) is 6.23. The van der Waals surface area contributed by atoms with Gasteiger partial charge in [-0.3, -0.25) is 0 Å². The molecule has 2 rings (SSSR count). The first-order valence-corrected chi connectivity index (χ1v) is 7.45. The van der Waals surface area contributed by atoms with E-state index in [1.165, 1.54) is 34.9 Å². The summed E-state index contributed by atoms with van der Waals surface area (Å²) in [5.41, 5.74) is 3.95. The molecular weight excluding hydrogens is 246 g/mol. The number of benzene rings is 1. The Morgan fingerprint density at radius 2 is 2.10 bits per heavy atom. The van der Waals surface area contributed by atoms with Crippen molar-refractivity contribution in [1.82, 2.24) is 4.57 Å². The van der Waals surface area contributed by atoms with Crippen molar-refractivity contribution >= 4 is 10.9 Å². The van der Waals surface area contributed by atoms with Crippen LogP contribution in [-0.2, 0) is 13.5 Å². The van der Waals surface area contributed by atoms with Gasteiger partial charge in [0.25, 0.3) is 0 Å². The molecule has 0 aliphatic heterocycles. The molecule has 2 aromatic rings.